The van der Waals surface area contributed by atoms with E-state index in [0.717, 1.165) is 34.7 Å². The van der Waals surface area contributed by atoms with E-state index in [4.69, 9.17) is 24.4 Å². The Labute approximate surface area is 166 Å². The van der Waals surface area contributed by atoms with Crippen LogP contribution in [-0.4, -0.2) is 45.2 Å². The quantitative estimate of drug-likeness (QED) is 0.756. The third-order valence-corrected chi connectivity index (χ3v) is 5.23. The van der Waals surface area contributed by atoms with Crippen LogP contribution < -0.4 is 10.6 Å². The van der Waals surface area contributed by atoms with Crippen LogP contribution in [0.4, 0.5) is 11.4 Å². The fourth-order valence-corrected chi connectivity index (χ4v) is 3.87. The van der Waals surface area contributed by atoms with E-state index in [2.05, 4.69) is 34.3 Å². The van der Waals surface area contributed by atoms with Crippen LogP contribution in [0.25, 0.3) is 0 Å². The van der Waals surface area contributed by atoms with E-state index < -0.39 is 0 Å². The van der Waals surface area contributed by atoms with Crippen molar-refractivity contribution >= 4 is 46.0 Å². The van der Waals surface area contributed by atoms with E-state index in [-0.39, 0.29) is 12.1 Å². The first kappa shape index (κ1) is 18.6. The standard InChI is InChI=1S/C20H24N4S2/c1-15-13-24(20(26)22-18-11-7-4-8-12-18)16(2)14-23(15)19(25)21-17-9-5-3-6-10-17/h3-12,15-16H,13-14H2,1-2H3,(H,21,25)(H,22,26). The maximum Gasteiger partial charge on any atom is 0.173 e. The fraction of sp³-hybridized carbons (Fsp3) is 0.300. The predicted octanol–water partition coefficient (Wildman–Crippen LogP) is 4.18. The molecule has 1 aliphatic heterocycles. The first-order valence-corrected chi connectivity index (χ1v) is 9.61. The first-order valence-electron chi connectivity index (χ1n) is 8.80. The maximum atomic E-state index is 5.64. The van der Waals surface area contributed by atoms with Gasteiger partial charge in [0.15, 0.2) is 10.2 Å². The van der Waals surface area contributed by atoms with E-state index in [1.54, 1.807) is 0 Å². The molecule has 0 bridgehead atoms. The molecule has 0 amide bonds. The molecule has 1 fully saturated rings. The molecule has 2 N–H and O–H groups in total. The molecule has 0 spiro atoms. The topological polar surface area (TPSA) is 30.5 Å². The average molecular weight is 385 g/mol. The third-order valence-electron chi connectivity index (χ3n) is 4.56. The Kier molecular flexibility index (Phi) is 6.06. The van der Waals surface area contributed by atoms with Crippen molar-refractivity contribution in [3.05, 3.63) is 60.7 Å². The second-order valence-corrected chi connectivity index (χ2v) is 7.37. The van der Waals surface area contributed by atoms with E-state index in [1.165, 1.54) is 0 Å². The summed E-state index contributed by atoms with van der Waals surface area (Å²) in [5.41, 5.74) is 2.03. The van der Waals surface area contributed by atoms with E-state index in [0.29, 0.717) is 0 Å². The van der Waals surface area contributed by atoms with Gasteiger partial charge in [-0.15, -0.1) is 0 Å². The summed E-state index contributed by atoms with van der Waals surface area (Å²) in [6.45, 7) is 6.03. The number of rotatable bonds is 2. The highest BCUT2D eigenvalue weighted by atomic mass is 32.1. The summed E-state index contributed by atoms with van der Waals surface area (Å²) in [5.74, 6) is 0. The Hall–Kier alpha value is -2.18. The second-order valence-electron chi connectivity index (χ2n) is 6.60. The van der Waals surface area contributed by atoms with Crippen LogP contribution >= 0.6 is 24.4 Å². The molecule has 2 aromatic carbocycles. The lowest BCUT2D eigenvalue weighted by molar-refractivity contribution is 0.150. The molecular formula is C20H24N4S2. The summed E-state index contributed by atoms with van der Waals surface area (Å²) in [6, 6.07) is 20.6. The Balaban J connectivity index is 1.61. The van der Waals surface area contributed by atoms with Crippen molar-refractivity contribution in [1.82, 2.24) is 9.80 Å². The Morgan fingerprint density at radius 2 is 1.08 bits per heavy atom. The maximum absolute atomic E-state index is 5.64. The number of nitrogens with zero attached hydrogens (tertiary/aromatic N) is 2. The minimum absolute atomic E-state index is 0.269. The second kappa shape index (κ2) is 8.47. The molecule has 3 rings (SSSR count). The van der Waals surface area contributed by atoms with Crippen molar-refractivity contribution in [2.75, 3.05) is 23.7 Å². The summed E-state index contributed by atoms with van der Waals surface area (Å²) >= 11 is 11.3. The van der Waals surface area contributed by atoms with Gasteiger partial charge in [-0.3, -0.25) is 0 Å². The molecule has 1 heterocycles. The predicted molar refractivity (Wildman–Crippen MR) is 118 cm³/mol. The van der Waals surface area contributed by atoms with Gasteiger partial charge in [0.05, 0.1) is 0 Å². The molecule has 0 radical (unpaired) electrons. The molecular weight excluding hydrogens is 360 g/mol. The van der Waals surface area contributed by atoms with Gasteiger partial charge in [0.25, 0.3) is 0 Å². The Morgan fingerprint density at radius 3 is 1.42 bits per heavy atom. The van der Waals surface area contributed by atoms with Crippen LogP contribution in [0, 0.1) is 0 Å². The number of thiocarbonyl (C=S) groups is 2. The highest BCUT2D eigenvalue weighted by molar-refractivity contribution is 7.80. The number of benzene rings is 2. The minimum atomic E-state index is 0.269. The van der Waals surface area contributed by atoms with Gasteiger partial charge in [0.2, 0.25) is 0 Å². The number of nitrogens with one attached hydrogen (secondary N) is 2. The molecule has 2 atom stereocenters. The van der Waals surface area contributed by atoms with Crippen LogP contribution in [0.1, 0.15) is 13.8 Å². The summed E-state index contributed by atoms with van der Waals surface area (Å²) in [6.07, 6.45) is 0. The normalized spacial score (nSPS) is 19.8. The lowest BCUT2D eigenvalue weighted by Gasteiger charge is -2.46. The molecule has 2 aromatic rings. The summed E-state index contributed by atoms with van der Waals surface area (Å²) in [7, 11) is 0. The smallest absolute Gasteiger partial charge is 0.173 e. The number of para-hydroxylation sites is 2. The fourth-order valence-electron chi connectivity index (χ4n) is 3.13. The van der Waals surface area contributed by atoms with Gasteiger partial charge in [-0.2, -0.15) is 0 Å². The van der Waals surface area contributed by atoms with Crippen molar-refractivity contribution in [2.45, 2.75) is 25.9 Å². The summed E-state index contributed by atoms with van der Waals surface area (Å²) < 4.78 is 0. The molecule has 1 saturated heterocycles. The van der Waals surface area contributed by atoms with Crippen LogP contribution in [0.5, 0.6) is 0 Å². The number of piperazine rings is 1. The van der Waals surface area contributed by atoms with Crippen molar-refractivity contribution in [3.8, 4) is 0 Å². The van der Waals surface area contributed by atoms with Gasteiger partial charge in [-0.05, 0) is 62.5 Å². The molecule has 2 unspecified atom stereocenters. The van der Waals surface area contributed by atoms with Crippen molar-refractivity contribution in [3.63, 3.8) is 0 Å². The Bertz CT molecular complexity index is 685. The van der Waals surface area contributed by atoms with Crippen LogP contribution in [0.2, 0.25) is 0 Å². The van der Waals surface area contributed by atoms with E-state index >= 15 is 0 Å². The minimum Gasteiger partial charge on any atom is -0.342 e. The monoisotopic (exact) mass is 384 g/mol. The zero-order chi connectivity index (χ0) is 18.5. The molecule has 1 aliphatic rings. The van der Waals surface area contributed by atoms with Crippen molar-refractivity contribution in [1.29, 1.82) is 0 Å². The third kappa shape index (κ3) is 4.51. The lowest BCUT2D eigenvalue weighted by atomic mass is 10.1. The van der Waals surface area contributed by atoms with E-state index in [9.17, 15) is 0 Å². The largest absolute Gasteiger partial charge is 0.342 e. The average Bonchev–Trinajstić information content (AvgIpc) is 2.64. The SMILES string of the molecule is CC1CN(C(=S)Nc2ccccc2)C(C)CN1C(=S)Nc1ccccc1. The van der Waals surface area contributed by atoms with Crippen LogP contribution in [-0.2, 0) is 0 Å². The van der Waals surface area contributed by atoms with Crippen LogP contribution in [0.15, 0.2) is 60.7 Å². The van der Waals surface area contributed by atoms with Gasteiger partial charge < -0.3 is 20.4 Å². The first-order chi connectivity index (χ1) is 12.5. The Morgan fingerprint density at radius 1 is 0.731 bits per heavy atom. The molecule has 0 aliphatic carbocycles. The van der Waals surface area contributed by atoms with Crippen LogP contribution in [0.3, 0.4) is 0 Å². The summed E-state index contributed by atoms with van der Waals surface area (Å²) in [5, 5.41) is 8.20. The van der Waals surface area contributed by atoms with Gasteiger partial charge in [0, 0.05) is 36.5 Å². The number of hydrogen-bond acceptors (Lipinski definition) is 2. The molecule has 0 saturated carbocycles. The number of hydrogen-bond donors (Lipinski definition) is 2. The van der Waals surface area contributed by atoms with Gasteiger partial charge >= 0.3 is 0 Å². The van der Waals surface area contributed by atoms with Gasteiger partial charge in [-0.1, -0.05) is 36.4 Å². The van der Waals surface area contributed by atoms with Gasteiger partial charge in [-0.25, -0.2) is 0 Å². The highest BCUT2D eigenvalue weighted by Gasteiger charge is 2.31. The summed E-state index contributed by atoms with van der Waals surface area (Å²) in [4.78, 5) is 4.49. The zero-order valence-electron chi connectivity index (χ0n) is 15.1. The van der Waals surface area contributed by atoms with E-state index in [1.807, 2.05) is 60.7 Å². The molecule has 136 valence electrons. The highest BCUT2D eigenvalue weighted by Crippen LogP contribution is 2.19. The molecule has 4 nitrogen and oxygen atoms in total. The lowest BCUT2D eigenvalue weighted by Crippen LogP contribution is -2.60. The van der Waals surface area contributed by atoms with Crippen molar-refractivity contribution in [2.24, 2.45) is 0 Å². The molecule has 26 heavy (non-hydrogen) atoms. The van der Waals surface area contributed by atoms with Crippen molar-refractivity contribution < 1.29 is 0 Å². The zero-order valence-corrected chi connectivity index (χ0v) is 16.7. The number of anilines is 2. The van der Waals surface area contributed by atoms with Gasteiger partial charge in [0.1, 0.15) is 0 Å². The molecule has 0 aromatic heterocycles. The molecule has 6 heteroatoms.